The summed E-state index contributed by atoms with van der Waals surface area (Å²) in [5, 5.41) is 8.58. The average molecular weight is 192 g/mol. The van der Waals surface area contributed by atoms with Crippen LogP contribution in [0.15, 0.2) is 18.2 Å². The van der Waals surface area contributed by atoms with Crippen LogP contribution in [0.4, 0.5) is 0 Å². The fourth-order valence-corrected chi connectivity index (χ4v) is 0.907. The van der Waals surface area contributed by atoms with Crippen molar-refractivity contribution in [3.05, 3.63) is 23.9 Å². The molecule has 0 saturated heterocycles. The summed E-state index contributed by atoms with van der Waals surface area (Å²) in [6.45, 7) is 3.59. The van der Waals surface area contributed by atoms with Crippen molar-refractivity contribution in [2.75, 3.05) is 19.8 Å². The van der Waals surface area contributed by atoms with E-state index >= 15 is 0 Å². The molecule has 0 radical (unpaired) electrons. The lowest BCUT2D eigenvalue weighted by atomic mass is 10.4. The number of nitrogens with zero attached hydrogens (tertiary/aromatic N) is 2. The van der Waals surface area contributed by atoms with Gasteiger partial charge < -0.3 is 9.47 Å². The van der Waals surface area contributed by atoms with Crippen molar-refractivity contribution in [3.63, 3.8) is 0 Å². The van der Waals surface area contributed by atoms with Gasteiger partial charge in [-0.3, -0.25) is 0 Å². The molecule has 0 unspecified atom stereocenters. The summed E-state index contributed by atoms with van der Waals surface area (Å²) in [6, 6.07) is 7.03. The molecular formula is C10H12N2O2. The Kier molecular flexibility index (Phi) is 4.45. The molecular weight excluding hydrogens is 180 g/mol. The standard InChI is InChI=1S/C10H12N2O2/c1-2-13-6-7-14-10-5-3-4-9(8-11)12-10/h3-5H,2,6-7H2,1H3. The predicted molar refractivity (Wildman–Crippen MR) is 50.9 cm³/mol. The van der Waals surface area contributed by atoms with E-state index in [2.05, 4.69) is 4.98 Å². The number of rotatable bonds is 5. The third-order valence-corrected chi connectivity index (χ3v) is 1.52. The number of pyridine rings is 1. The SMILES string of the molecule is CCOCCOc1cccc(C#N)n1. The summed E-state index contributed by atoms with van der Waals surface area (Å²) < 4.78 is 10.4. The topological polar surface area (TPSA) is 55.1 Å². The third-order valence-electron chi connectivity index (χ3n) is 1.52. The molecule has 0 bridgehead atoms. The third kappa shape index (κ3) is 3.42. The molecule has 1 rings (SSSR count). The Balaban J connectivity index is 2.39. The van der Waals surface area contributed by atoms with Crippen molar-refractivity contribution in [1.82, 2.24) is 4.98 Å². The molecule has 4 heteroatoms. The number of ether oxygens (including phenoxy) is 2. The maximum absolute atomic E-state index is 8.58. The van der Waals surface area contributed by atoms with E-state index in [1.165, 1.54) is 0 Å². The van der Waals surface area contributed by atoms with E-state index in [-0.39, 0.29) is 0 Å². The van der Waals surface area contributed by atoms with E-state index in [0.717, 1.165) is 0 Å². The van der Waals surface area contributed by atoms with Gasteiger partial charge in [-0.2, -0.15) is 5.26 Å². The molecule has 0 fully saturated rings. The first-order chi connectivity index (χ1) is 6.86. The molecule has 0 N–H and O–H groups in total. The fourth-order valence-electron chi connectivity index (χ4n) is 0.907. The van der Waals surface area contributed by atoms with Gasteiger partial charge in [0.1, 0.15) is 18.4 Å². The molecule has 0 aliphatic carbocycles. The average Bonchev–Trinajstić information content (AvgIpc) is 2.25. The lowest BCUT2D eigenvalue weighted by Gasteiger charge is -2.04. The Hall–Kier alpha value is -1.60. The molecule has 0 aliphatic heterocycles. The van der Waals surface area contributed by atoms with Crippen molar-refractivity contribution < 1.29 is 9.47 Å². The monoisotopic (exact) mass is 192 g/mol. The summed E-state index contributed by atoms with van der Waals surface area (Å²) in [4.78, 5) is 3.95. The van der Waals surface area contributed by atoms with Gasteiger partial charge in [-0.25, -0.2) is 4.98 Å². The minimum Gasteiger partial charge on any atom is -0.475 e. The first-order valence-electron chi connectivity index (χ1n) is 4.44. The Morgan fingerprint density at radius 2 is 2.29 bits per heavy atom. The minimum absolute atomic E-state index is 0.360. The summed E-state index contributed by atoms with van der Waals surface area (Å²) in [5.74, 6) is 0.462. The van der Waals surface area contributed by atoms with Gasteiger partial charge in [-0.05, 0) is 13.0 Å². The smallest absolute Gasteiger partial charge is 0.214 e. The molecule has 14 heavy (non-hydrogen) atoms. The summed E-state index contributed by atoms with van der Waals surface area (Å²) in [6.07, 6.45) is 0. The van der Waals surface area contributed by atoms with Crippen LogP contribution in [0.25, 0.3) is 0 Å². The Morgan fingerprint density at radius 1 is 1.43 bits per heavy atom. The van der Waals surface area contributed by atoms with Crippen molar-refractivity contribution in [2.24, 2.45) is 0 Å². The number of hydrogen-bond donors (Lipinski definition) is 0. The van der Waals surface area contributed by atoms with Crippen molar-refractivity contribution in [1.29, 1.82) is 5.26 Å². The van der Waals surface area contributed by atoms with Gasteiger partial charge in [0.05, 0.1) is 6.61 Å². The van der Waals surface area contributed by atoms with Gasteiger partial charge in [0.25, 0.3) is 0 Å². The van der Waals surface area contributed by atoms with Gasteiger partial charge in [0.15, 0.2) is 0 Å². The van der Waals surface area contributed by atoms with Gasteiger partial charge in [0.2, 0.25) is 5.88 Å². The highest BCUT2D eigenvalue weighted by molar-refractivity contribution is 5.24. The molecule has 74 valence electrons. The van der Waals surface area contributed by atoms with Crippen LogP contribution in [-0.2, 0) is 4.74 Å². The molecule has 0 atom stereocenters. The first-order valence-corrected chi connectivity index (χ1v) is 4.44. The van der Waals surface area contributed by atoms with Crippen LogP contribution in [-0.4, -0.2) is 24.8 Å². The Labute approximate surface area is 83.1 Å². The van der Waals surface area contributed by atoms with Gasteiger partial charge in [-0.1, -0.05) is 6.07 Å². The lowest BCUT2D eigenvalue weighted by Crippen LogP contribution is -2.07. The van der Waals surface area contributed by atoms with Crippen LogP contribution >= 0.6 is 0 Å². The predicted octanol–water partition coefficient (Wildman–Crippen LogP) is 1.37. The van der Waals surface area contributed by atoms with Gasteiger partial charge >= 0.3 is 0 Å². The maximum Gasteiger partial charge on any atom is 0.214 e. The molecule has 0 amide bonds. The molecule has 0 aliphatic rings. The van der Waals surface area contributed by atoms with Crippen molar-refractivity contribution >= 4 is 0 Å². The first kappa shape index (κ1) is 10.5. The van der Waals surface area contributed by atoms with Crippen LogP contribution in [0, 0.1) is 11.3 Å². The van der Waals surface area contributed by atoms with Crippen molar-refractivity contribution in [3.8, 4) is 11.9 Å². The minimum atomic E-state index is 0.360. The molecule has 0 spiro atoms. The largest absolute Gasteiger partial charge is 0.475 e. The van der Waals surface area contributed by atoms with E-state index in [4.69, 9.17) is 14.7 Å². The van der Waals surface area contributed by atoms with Gasteiger partial charge in [0, 0.05) is 12.7 Å². The molecule has 4 nitrogen and oxygen atoms in total. The second-order valence-corrected chi connectivity index (χ2v) is 2.52. The van der Waals surface area contributed by atoms with Crippen LogP contribution < -0.4 is 4.74 Å². The van der Waals surface area contributed by atoms with Crippen LogP contribution in [0.1, 0.15) is 12.6 Å². The van der Waals surface area contributed by atoms with E-state index in [9.17, 15) is 0 Å². The molecule has 0 aromatic carbocycles. The number of nitriles is 1. The summed E-state index contributed by atoms with van der Waals surface area (Å²) >= 11 is 0. The van der Waals surface area contributed by atoms with Crippen LogP contribution in [0.3, 0.4) is 0 Å². The zero-order chi connectivity index (χ0) is 10.2. The zero-order valence-corrected chi connectivity index (χ0v) is 8.06. The van der Waals surface area contributed by atoms with Crippen LogP contribution in [0.2, 0.25) is 0 Å². The molecule has 1 aromatic rings. The van der Waals surface area contributed by atoms with E-state index < -0.39 is 0 Å². The Morgan fingerprint density at radius 3 is 3.00 bits per heavy atom. The van der Waals surface area contributed by atoms with Crippen LogP contribution in [0.5, 0.6) is 5.88 Å². The maximum atomic E-state index is 8.58. The molecule has 1 heterocycles. The molecule has 0 saturated carbocycles. The quantitative estimate of drug-likeness (QED) is 0.661. The lowest BCUT2D eigenvalue weighted by molar-refractivity contribution is 0.108. The number of hydrogen-bond acceptors (Lipinski definition) is 4. The van der Waals surface area contributed by atoms with Gasteiger partial charge in [-0.15, -0.1) is 0 Å². The van der Waals surface area contributed by atoms with Crippen molar-refractivity contribution in [2.45, 2.75) is 6.92 Å². The summed E-state index contributed by atoms with van der Waals surface area (Å²) in [5.41, 5.74) is 0.360. The second kappa shape index (κ2) is 5.95. The highest BCUT2D eigenvalue weighted by Gasteiger charge is 1.96. The highest BCUT2D eigenvalue weighted by atomic mass is 16.5. The normalized spacial score (nSPS) is 9.43. The Bertz CT molecular complexity index is 320. The second-order valence-electron chi connectivity index (χ2n) is 2.52. The highest BCUT2D eigenvalue weighted by Crippen LogP contribution is 2.06. The summed E-state index contributed by atoms with van der Waals surface area (Å²) in [7, 11) is 0. The van der Waals surface area contributed by atoms with E-state index in [1.54, 1.807) is 18.2 Å². The van der Waals surface area contributed by atoms with E-state index in [0.29, 0.717) is 31.4 Å². The van der Waals surface area contributed by atoms with E-state index in [1.807, 2.05) is 13.0 Å². The number of aromatic nitrogens is 1. The fraction of sp³-hybridized carbons (Fsp3) is 0.400. The molecule has 1 aromatic heterocycles. The zero-order valence-electron chi connectivity index (χ0n) is 8.06.